The molecule has 0 fully saturated rings. The maximum absolute atomic E-state index is 12.1. The Morgan fingerprint density at radius 3 is 2.61 bits per heavy atom. The molecule has 3 aromatic rings. The number of hydrogen-bond acceptors (Lipinski definition) is 2. The molecular formula is C14H13N3O. The molecule has 0 unspecified atom stereocenters. The van der Waals surface area contributed by atoms with Crippen molar-refractivity contribution in [2.75, 3.05) is 0 Å². The molecule has 0 saturated heterocycles. The van der Waals surface area contributed by atoms with Crippen LogP contribution in [0.5, 0.6) is 0 Å². The second-order valence-corrected chi connectivity index (χ2v) is 4.36. The summed E-state index contributed by atoms with van der Waals surface area (Å²) >= 11 is 0. The smallest absolute Gasteiger partial charge is 0.262 e. The number of rotatable bonds is 1. The first-order valence-corrected chi connectivity index (χ1v) is 5.81. The molecule has 90 valence electrons. The molecule has 3 rings (SSSR count). The van der Waals surface area contributed by atoms with Gasteiger partial charge in [-0.05, 0) is 19.4 Å². The minimum atomic E-state index is -0.0177. The quantitative estimate of drug-likeness (QED) is 0.708. The highest BCUT2D eigenvalue weighted by molar-refractivity contribution is 5.64. The maximum Gasteiger partial charge on any atom is 0.262 e. The Bertz CT molecular complexity index is 769. The summed E-state index contributed by atoms with van der Waals surface area (Å²) < 4.78 is 1.62. The molecule has 0 atom stereocenters. The third-order valence-electron chi connectivity index (χ3n) is 3.13. The van der Waals surface area contributed by atoms with Crippen LogP contribution in [0.3, 0.4) is 0 Å². The lowest BCUT2D eigenvalue weighted by Crippen LogP contribution is -2.17. The second kappa shape index (κ2) is 3.84. The maximum atomic E-state index is 12.1. The van der Waals surface area contributed by atoms with Gasteiger partial charge in [-0.3, -0.25) is 4.79 Å². The summed E-state index contributed by atoms with van der Waals surface area (Å²) in [6, 6.07) is 9.94. The van der Waals surface area contributed by atoms with E-state index in [-0.39, 0.29) is 5.56 Å². The van der Waals surface area contributed by atoms with Crippen LogP contribution in [-0.2, 0) is 0 Å². The lowest BCUT2D eigenvalue weighted by Gasteiger charge is -1.99. The Morgan fingerprint density at radius 2 is 1.89 bits per heavy atom. The topological polar surface area (TPSA) is 50.2 Å². The molecule has 4 heteroatoms. The number of benzene rings is 1. The van der Waals surface area contributed by atoms with Gasteiger partial charge in [-0.15, -0.1) is 0 Å². The molecule has 0 aliphatic rings. The van der Waals surface area contributed by atoms with Gasteiger partial charge in [0.05, 0.1) is 11.4 Å². The number of imidazole rings is 1. The zero-order valence-electron chi connectivity index (χ0n) is 10.3. The van der Waals surface area contributed by atoms with Gasteiger partial charge >= 0.3 is 0 Å². The number of H-pyrrole nitrogens is 1. The Balaban J connectivity index is 2.37. The monoisotopic (exact) mass is 239 g/mol. The fourth-order valence-electron chi connectivity index (χ4n) is 2.14. The molecule has 2 aromatic heterocycles. The van der Waals surface area contributed by atoms with Gasteiger partial charge in [0.15, 0.2) is 0 Å². The van der Waals surface area contributed by atoms with Crippen LogP contribution < -0.4 is 5.56 Å². The van der Waals surface area contributed by atoms with Crippen LogP contribution in [0.2, 0.25) is 0 Å². The van der Waals surface area contributed by atoms with Crippen LogP contribution in [0.15, 0.2) is 41.3 Å². The minimum Gasteiger partial charge on any atom is -0.323 e. The number of aromatic amines is 1. The highest BCUT2D eigenvalue weighted by Gasteiger charge is 2.12. The highest BCUT2D eigenvalue weighted by atomic mass is 16.1. The molecule has 2 heterocycles. The Kier molecular flexibility index (Phi) is 2.30. The van der Waals surface area contributed by atoms with Crippen molar-refractivity contribution in [3.8, 4) is 11.3 Å². The number of fused-ring (bicyclic) bond motifs is 1. The van der Waals surface area contributed by atoms with E-state index in [1.165, 1.54) is 0 Å². The van der Waals surface area contributed by atoms with Gasteiger partial charge in [0.1, 0.15) is 0 Å². The number of nitrogens with one attached hydrogen (secondary N) is 1. The summed E-state index contributed by atoms with van der Waals surface area (Å²) in [5, 5.41) is 0. The summed E-state index contributed by atoms with van der Waals surface area (Å²) in [5.41, 5.74) is 3.51. The SMILES string of the molecule is Cc1cnc2[nH]c(-c3ccccc3)c(C)n2c1=O. The molecule has 0 saturated carbocycles. The minimum absolute atomic E-state index is 0.0177. The third-order valence-corrected chi connectivity index (χ3v) is 3.13. The van der Waals surface area contributed by atoms with E-state index in [0.29, 0.717) is 11.3 Å². The molecule has 0 spiro atoms. The van der Waals surface area contributed by atoms with E-state index in [2.05, 4.69) is 9.97 Å². The first-order chi connectivity index (χ1) is 8.68. The summed E-state index contributed by atoms with van der Waals surface area (Å²) in [6.45, 7) is 3.70. The van der Waals surface area contributed by atoms with Gasteiger partial charge in [-0.2, -0.15) is 0 Å². The first kappa shape index (κ1) is 10.8. The van der Waals surface area contributed by atoms with Gasteiger partial charge in [0.25, 0.3) is 5.56 Å². The molecule has 1 N–H and O–H groups in total. The van der Waals surface area contributed by atoms with Crippen molar-refractivity contribution in [3.63, 3.8) is 0 Å². The zero-order chi connectivity index (χ0) is 12.7. The van der Waals surface area contributed by atoms with Crippen LogP contribution in [0.4, 0.5) is 0 Å². The standard InChI is InChI=1S/C14H13N3O/c1-9-8-15-14-16-12(10(2)17(14)13(9)18)11-6-4-3-5-7-11/h3-8H,1-2H3,(H,15,16). The van der Waals surface area contributed by atoms with Crippen molar-refractivity contribution in [1.29, 1.82) is 0 Å². The fraction of sp³-hybridized carbons (Fsp3) is 0.143. The van der Waals surface area contributed by atoms with Crippen LogP contribution >= 0.6 is 0 Å². The molecule has 0 amide bonds. The van der Waals surface area contributed by atoms with E-state index in [1.54, 1.807) is 17.5 Å². The van der Waals surface area contributed by atoms with E-state index >= 15 is 0 Å². The molecule has 4 nitrogen and oxygen atoms in total. The van der Waals surface area contributed by atoms with Crippen molar-refractivity contribution in [3.05, 3.63) is 58.1 Å². The Hall–Kier alpha value is -2.36. The van der Waals surface area contributed by atoms with Gasteiger partial charge in [-0.1, -0.05) is 30.3 Å². The highest BCUT2D eigenvalue weighted by Crippen LogP contribution is 2.21. The number of aromatic nitrogens is 3. The average molecular weight is 239 g/mol. The summed E-state index contributed by atoms with van der Waals surface area (Å²) in [7, 11) is 0. The summed E-state index contributed by atoms with van der Waals surface area (Å²) in [5.74, 6) is 0.585. The van der Waals surface area contributed by atoms with E-state index in [4.69, 9.17) is 0 Å². The van der Waals surface area contributed by atoms with Gasteiger partial charge in [-0.25, -0.2) is 9.38 Å². The van der Waals surface area contributed by atoms with E-state index < -0.39 is 0 Å². The second-order valence-electron chi connectivity index (χ2n) is 4.36. The van der Waals surface area contributed by atoms with Crippen LogP contribution in [-0.4, -0.2) is 14.4 Å². The third kappa shape index (κ3) is 1.46. The largest absolute Gasteiger partial charge is 0.323 e. The zero-order valence-corrected chi connectivity index (χ0v) is 10.3. The van der Waals surface area contributed by atoms with E-state index in [9.17, 15) is 4.79 Å². The van der Waals surface area contributed by atoms with Crippen molar-refractivity contribution in [2.24, 2.45) is 0 Å². The Labute approximate surface area is 104 Å². The van der Waals surface area contributed by atoms with Crippen LogP contribution in [0.25, 0.3) is 17.0 Å². The van der Waals surface area contributed by atoms with Crippen molar-refractivity contribution in [2.45, 2.75) is 13.8 Å². The van der Waals surface area contributed by atoms with Crippen molar-refractivity contribution in [1.82, 2.24) is 14.4 Å². The molecule has 0 bridgehead atoms. The molecule has 1 aromatic carbocycles. The molecule has 0 aliphatic carbocycles. The van der Waals surface area contributed by atoms with Crippen molar-refractivity contribution >= 4 is 5.78 Å². The molecule has 18 heavy (non-hydrogen) atoms. The predicted molar refractivity (Wildman–Crippen MR) is 70.7 cm³/mol. The van der Waals surface area contributed by atoms with Crippen LogP contribution in [0.1, 0.15) is 11.3 Å². The number of nitrogens with zero attached hydrogens (tertiary/aromatic N) is 2. The first-order valence-electron chi connectivity index (χ1n) is 5.81. The van der Waals surface area contributed by atoms with Gasteiger partial charge < -0.3 is 4.98 Å². The predicted octanol–water partition coefficient (Wildman–Crippen LogP) is 2.31. The summed E-state index contributed by atoms with van der Waals surface area (Å²) in [6.07, 6.45) is 1.60. The molecule has 0 radical (unpaired) electrons. The fourth-order valence-corrected chi connectivity index (χ4v) is 2.14. The van der Waals surface area contributed by atoms with Crippen molar-refractivity contribution < 1.29 is 0 Å². The number of aryl methyl sites for hydroxylation is 2. The lowest BCUT2D eigenvalue weighted by atomic mass is 10.1. The lowest BCUT2D eigenvalue weighted by molar-refractivity contribution is 0.987. The normalized spacial score (nSPS) is 11.0. The Morgan fingerprint density at radius 1 is 1.17 bits per heavy atom. The number of hydrogen-bond donors (Lipinski definition) is 1. The average Bonchev–Trinajstić information content (AvgIpc) is 2.73. The molecule has 0 aliphatic heterocycles. The molecular weight excluding hydrogens is 226 g/mol. The van der Waals surface area contributed by atoms with E-state index in [0.717, 1.165) is 17.0 Å². The van der Waals surface area contributed by atoms with Crippen LogP contribution in [0, 0.1) is 13.8 Å². The van der Waals surface area contributed by atoms with Gasteiger partial charge in [0, 0.05) is 11.8 Å². The summed E-state index contributed by atoms with van der Waals surface area (Å²) in [4.78, 5) is 19.6. The van der Waals surface area contributed by atoms with Gasteiger partial charge in [0.2, 0.25) is 5.78 Å². The van der Waals surface area contributed by atoms with E-state index in [1.807, 2.05) is 37.3 Å².